The number of nitro benzene ring substituents is 1. The standard InChI is InChI=1S/C23H21N5O3/c1-14-5-9-16(10-6-14)26-27-19-3-2-4-20(29)22(19)21(18(13-24)23(27)25)15-7-11-17(12-8-15)28(30)31/h5-12,21,26H,2-4,25H2,1H3/t21-/m1/s1. The quantitative estimate of drug-likeness (QED) is 0.570. The van der Waals surface area contributed by atoms with Crippen LogP contribution in [0, 0.1) is 28.4 Å². The molecule has 0 unspecified atom stereocenters. The highest BCUT2D eigenvalue weighted by molar-refractivity contribution is 5.99. The zero-order chi connectivity index (χ0) is 22.1. The number of anilines is 1. The predicted octanol–water partition coefficient (Wildman–Crippen LogP) is 4.03. The lowest BCUT2D eigenvalue weighted by atomic mass is 9.76. The van der Waals surface area contributed by atoms with Gasteiger partial charge >= 0.3 is 0 Å². The Morgan fingerprint density at radius 1 is 1.16 bits per heavy atom. The number of carbonyl (C=O) groups is 1. The number of carbonyl (C=O) groups excluding carboxylic acids is 1. The van der Waals surface area contributed by atoms with E-state index in [-0.39, 0.29) is 22.9 Å². The number of nitro groups is 1. The van der Waals surface area contributed by atoms with Crippen molar-refractivity contribution < 1.29 is 9.72 Å². The molecule has 0 fully saturated rings. The average molecular weight is 415 g/mol. The smallest absolute Gasteiger partial charge is 0.269 e. The number of nitrogens with one attached hydrogen (secondary N) is 1. The number of benzene rings is 2. The predicted molar refractivity (Wildman–Crippen MR) is 115 cm³/mol. The first-order valence-corrected chi connectivity index (χ1v) is 9.94. The summed E-state index contributed by atoms with van der Waals surface area (Å²) in [6, 6.07) is 15.8. The molecule has 2 aromatic carbocycles. The number of non-ortho nitro benzene ring substituents is 1. The van der Waals surface area contributed by atoms with Crippen molar-refractivity contribution in [1.82, 2.24) is 5.01 Å². The fourth-order valence-corrected chi connectivity index (χ4v) is 4.09. The van der Waals surface area contributed by atoms with Crippen LogP contribution in [0.5, 0.6) is 0 Å². The van der Waals surface area contributed by atoms with Gasteiger partial charge in [-0.15, -0.1) is 0 Å². The summed E-state index contributed by atoms with van der Waals surface area (Å²) < 4.78 is 0. The van der Waals surface area contributed by atoms with Crippen LogP contribution in [0.4, 0.5) is 11.4 Å². The SMILES string of the molecule is Cc1ccc(NN2C(N)=C(C#N)[C@@H](c3ccc([N+](=O)[O-])cc3)C3=C2CCCC3=O)cc1. The van der Waals surface area contributed by atoms with Gasteiger partial charge in [-0.2, -0.15) is 5.26 Å². The van der Waals surface area contributed by atoms with E-state index in [2.05, 4.69) is 11.5 Å². The second-order valence-corrected chi connectivity index (χ2v) is 7.64. The number of aryl methyl sites for hydroxylation is 1. The van der Waals surface area contributed by atoms with Crippen molar-refractivity contribution in [2.24, 2.45) is 5.73 Å². The van der Waals surface area contributed by atoms with Gasteiger partial charge in [-0.3, -0.25) is 20.3 Å². The van der Waals surface area contributed by atoms with E-state index in [9.17, 15) is 20.2 Å². The number of nitrogens with zero attached hydrogens (tertiary/aromatic N) is 3. The van der Waals surface area contributed by atoms with Gasteiger partial charge in [0.05, 0.1) is 28.2 Å². The molecule has 1 aliphatic carbocycles. The van der Waals surface area contributed by atoms with Gasteiger partial charge in [0.15, 0.2) is 5.78 Å². The summed E-state index contributed by atoms with van der Waals surface area (Å²) in [5, 5.41) is 22.6. The number of Topliss-reactive ketones (excluding diaryl/α,β-unsaturated/α-hetero) is 1. The molecule has 3 N–H and O–H groups in total. The summed E-state index contributed by atoms with van der Waals surface area (Å²) in [6.45, 7) is 1.99. The van der Waals surface area contributed by atoms with Gasteiger partial charge < -0.3 is 5.73 Å². The van der Waals surface area contributed by atoms with Gasteiger partial charge in [0.1, 0.15) is 5.82 Å². The molecule has 156 valence electrons. The minimum atomic E-state index is -0.648. The van der Waals surface area contributed by atoms with Crippen molar-refractivity contribution in [1.29, 1.82) is 5.26 Å². The molecule has 1 aliphatic heterocycles. The lowest BCUT2D eigenvalue weighted by molar-refractivity contribution is -0.384. The Kier molecular flexibility index (Phi) is 5.17. The Bertz CT molecular complexity index is 1160. The first kappa shape index (κ1) is 20.2. The maximum absolute atomic E-state index is 13.0. The lowest BCUT2D eigenvalue weighted by Crippen LogP contribution is -2.41. The molecule has 0 saturated carbocycles. The van der Waals surface area contributed by atoms with Gasteiger partial charge in [0, 0.05) is 29.8 Å². The van der Waals surface area contributed by atoms with Crippen molar-refractivity contribution in [3.05, 3.63) is 92.4 Å². The van der Waals surface area contributed by atoms with E-state index in [1.165, 1.54) is 12.1 Å². The highest BCUT2D eigenvalue weighted by atomic mass is 16.6. The molecule has 4 rings (SSSR count). The molecule has 0 radical (unpaired) electrons. The Morgan fingerprint density at radius 2 is 1.84 bits per heavy atom. The highest BCUT2D eigenvalue weighted by Crippen LogP contribution is 2.44. The van der Waals surface area contributed by atoms with Gasteiger partial charge in [-0.1, -0.05) is 29.8 Å². The maximum Gasteiger partial charge on any atom is 0.269 e. The molecule has 8 nitrogen and oxygen atoms in total. The van der Waals surface area contributed by atoms with Crippen LogP contribution in [-0.4, -0.2) is 15.7 Å². The molecule has 1 heterocycles. The fraction of sp³-hybridized carbons (Fsp3) is 0.217. The van der Waals surface area contributed by atoms with Crippen molar-refractivity contribution >= 4 is 17.2 Å². The summed E-state index contributed by atoms with van der Waals surface area (Å²) in [6.07, 6.45) is 1.70. The molecule has 0 spiro atoms. The first-order valence-electron chi connectivity index (χ1n) is 9.94. The molecule has 2 aromatic rings. The van der Waals surface area contributed by atoms with Crippen LogP contribution in [0.1, 0.15) is 36.3 Å². The molecule has 2 aliphatic rings. The monoisotopic (exact) mass is 415 g/mol. The number of nitriles is 1. The zero-order valence-corrected chi connectivity index (χ0v) is 17.0. The number of hydrogen-bond donors (Lipinski definition) is 2. The molecule has 31 heavy (non-hydrogen) atoms. The molecule has 0 saturated heterocycles. The van der Waals surface area contributed by atoms with Crippen LogP contribution >= 0.6 is 0 Å². The van der Waals surface area contributed by atoms with Crippen molar-refractivity contribution in [3.63, 3.8) is 0 Å². The zero-order valence-electron chi connectivity index (χ0n) is 17.0. The number of rotatable bonds is 4. The van der Waals surface area contributed by atoms with Gasteiger partial charge in [-0.05, 0) is 37.5 Å². The Balaban J connectivity index is 1.83. The van der Waals surface area contributed by atoms with Gasteiger partial charge in [-0.25, -0.2) is 5.01 Å². The van der Waals surface area contributed by atoms with E-state index in [0.29, 0.717) is 30.4 Å². The third-order valence-corrected chi connectivity index (χ3v) is 5.64. The summed E-state index contributed by atoms with van der Waals surface area (Å²) >= 11 is 0. The summed E-state index contributed by atoms with van der Waals surface area (Å²) in [4.78, 5) is 23.5. The number of hydrazine groups is 1. The van der Waals surface area contributed by atoms with E-state index in [0.717, 1.165) is 16.9 Å². The van der Waals surface area contributed by atoms with Crippen molar-refractivity contribution in [3.8, 4) is 6.07 Å². The summed E-state index contributed by atoms with van der Waals surface area (Å²) in [5.74, 6) is -0.467. The minimum Gasteiger partial charge on any atom is -0.383 e. The van der Waals surface area contributed by atoms with E-state index >= 15 is 0 Å². The number of nitrogens with two attached hydrogens (primary N) is 1. The number of allylic oxidation sites excluding steroid dienone is 3. The van der Waals surface area contributed by atoms with E-state index in [1.54, 1.807) is 17.1 Å². The first-order chi connectivity index (χ1) is 14.9. The van der Waals surface area contributed by atoms with Crippen LogP contribution in [-0.2, 0) is 4.79 Å². The third-order valence-electron chi connectivity index (χ3n) is 5.64. The molecular formula is C23H21N5O3. The van der Waals surface area contributed by atoms with Crippen molar-refractivity contribution in [2.45, 2.75) is 32.1 Å². The summed E-state index contributed by atoms with van der Waals surface area (Å²) in [5.41, 5.74) is 13.6. The number of ketones is 1. The minimum absolute atomic E-state index is 0.0411. The van der Waals surface area contributed by atoms with Crippen LogP contribution in [0.15, 0.2) is 71.2 Å². The second kappa shape index (κ2) is 7.95. The van der Waals surface area contributed by atoms with Crippen LogP contribution in [0.2, 0.25) is 0 Å². The molecule has 0 aromatic heterocycles. The van der Waals surface area contributed by atoms with Crippen LogP contribution < -0.4 is 11.2 Å². The summed E-state index contributed by atoms with van der Waals surface area (Å²) in [7, 11) is 0. The Labute approximate surface area is 179 Å². The molecule has 0 bridgehead atoms. The van der Waals surface area contributed by atoms with E-state index in [1.807, 2.05) is 31.2 Å². The Morgan fingerprint density at radius 3 is 2.45 bits per heavy atom. The molecular weight excluding hydrogens is 394 g/mol. The average Bonchev–Trinajstić information content (AvgIpc) is 2.77. The van der Waals surface area contributed by atoms with Crippen LogP contribution in [0.3, 0.4) is 0 Å². The lowest BCUT2D eigenvalue weighted by Gasteiger charge is -2.39. The van der Waals surface area contributed by atoms with Gasteiger partial charge in [0.25, 0.3) is 5.69 Å². The highest BCUT2D eigenvalue weighted by Gasteiger charge is 2.40. The molecule has 1 atom stereocenters. The van der Waals surface area contributed by atoms with Gasteiger partial charge in [0.2, 0.25) is 0 Å². The third kappa shape index (κ3) is 3.62. The Hall–Kier alpha value is -4.12. The number of hydrogen-bond acceptors (Lipinski definition) is 7. The van der Waals surface area contributed by atoms with Crippen molar-refractivity contribution in [2.75, 3.05) is 5.43 Å². The largest absolute Gasteiger partial charge is 0.383 e. The normalized spacial score (nSPS) is 18.5. The second-order valence-electron chi connectivity index (χ2n) is 7.64. The van der Waals surface area contributed by atoms with E-state index in [4.69, 9.17) is 5.73 Å². The fourth-order valence-electron chi connectivity index (χ4n) is 4.09. The topological polar surface area (TPSA) is 125 Å². The molecule has 0 amide bonds. The molecule has 8 heteroatoms. The van der Waals surface area contributed by atoms with Crippen LogP contribution in [0.25, 0.3) is 0 Å². The maximum atomic E-state index is 13.0. The van der Waals surface area contributed by atoms with E-state index < -0.39 is 10.8 Å².